The van der Waals surface area contributed by atoms with Crippen LogP contribution in [-0.4, -0.2) is 35.2 Å². The molecule has 1 fully saturated rings. The highest BCUT2D eigenvalue weighted by atomic mass is 16.3. The van der Waals surface area contributed by atoms with Crippen LogP contribution < -0.4 is 0 Å². The van der Waals surface area contributed by atoms with E-state index in [0.29, 0.717) is 12.1 Å². The van der Waals surface area contributed by atoms with E-state index < -0.39 is 0 Å². The number of aliphatic hydroxyl groups is 1. The molecule has 0 amide bonds. The van der Waals surface area contributed by atoms with Gasteiger partial charge in [0.25, 0.3) is 0 Å². The molecule has 0 aliphatic carbocycles. The van der Waals surface area contributed by atoms with E-state index >= 15 is 0 Å². The van der Waals surface area contributed by atoms with E-state index in [0.717, 1.165) is 6.42 Å². The number of hydrogen-bond acceptors (Lipinski definition) is 2. The summed E-state index contributed by atoms with van der Waals surface area (Å²) >= 11 is 0. The number of likely N-dealkylation sites (N-methyl/N-ethyl adjacent to an activating group) is 1. The Hall–Kier alpha value is -0.0800. The molecule has 0 aromatic carbocycles. The van der Waals surface area contributed by atoms with E-state index in [-0.39, 0.29) is 6.10 Å². The summed E-state index contributed by atoms with van der Waals surface area (Å²) in [5.41, 5.74) is 0. The lowest BCUT2D eigenvalue weighted by Crippen LogP contribution is -2.64. The Labute approximate surface area is 69.2 Å². The molecule has 1 saturated heterocycles. The van der Waals surface area contributed by atoms with Gasteiger partial charge in [-0.1, -0.05) is 19.8 Å². The van der Waals surface area contributed by atoms with Crippen molar-refractivity contribution in [3.63, 3.8) is 0 Å². The van der Waals surface area contributed by atoms with Gasteiger partial charge in [0.2, 0.25) is 0 Å². The van der Waals surface area contributed by atoms with Crippen molar-refractivity contribution < 1.29 is 5.11 Å². The predicted octanol–water partition coefficient (Wildman–Crippen LogP) is 1.24. The average Bonchev–Trinajstić information content (AvgIpc) is 2.04. The molecule has 11 heavy (non-hydrogen) atoms. The highest BCUT2D eigenvalue weighted by Crippen LogP contribution is 2.27. The molecule has 1 rings (SSSR count). The molecule has 1 heterocycles. The Morgan fingerprint density at radius 3 is 2.55 bits per heavy atom. The molecular weight excluding hydrogens is 138 g/mol. The van der Waals surface area contributed by atoms with Crippen LogP contribution in [0.15, 0.2) is 0 Å². The van der Waals surface area contributed by atoms with Crippen LogP contribution in [0.3, 0.4) is 0 Å². The second-order valence-corrected chi connectivity index (χ2v) is 3.61. The van der Waals surface area contributed by atoms with E-state index in [4.69, 9.17) is 0 Å². The molecule has 0 saturated carbocycles. The van der Waals surface area contributed by atoms with Crippen LogP contribution in [0.1, 0.15) is 33.1 Å². The van der Waals surface area contributed by atoms with E-state index in [1.54, 1.807) is 0 Å². The predicted molar refractivity (Wildman–Crippen MR) is 46.5 cm³/mol. The molecule has 1 aliphatic heterocycles. The summed E-state index contributed by atoms with van der Waals surface area (Å²) in [6.07, 6.45) is 3.54. The minimum atomic E-state index is -0.0773. The maximum Gasteiger partial charge on any atom is 0.0847 e. The van der Waals surface area contributed by atoms with Gasteiger partial charge in [-0.15, -0.1) is 0 Å². The summed E-state index contributed by atoms with van der Waals surface area (Å²) in [4.78, 5) is 2.26. The van der Waals surface area contributed by atoms with Crippen molar-refractivity contribution in [3.05, 3.63) is 0 Å². The summed E-state index contributed by atoms with van der Waals surface area (Å²) in [6.45, 7) is 4.27. The first-order chi connectivity index (χ1) is 5.18. The van der Waals surface area contributed by atoms with E-state index in [1.165, 1.54) is 12.8 Å². The van der Waals surface area contributed by atoms with Crippen LogP contribution >= 0.6 is 0 Å². The standard InChI is InChI=1S/C9H19NO/c1-4-5-6-8-9(11)7(2)10(8)3/h7-9,11H,4-6H2,1-3H3. The summed E-state index contributed by atoms with van der Waals surface area (Å²) in [7, 11) is 2.09. The molecule has 3 atom stereocenters. The fourth-order valence-corrected chi connectivity index (χ4v) is 1.79. The first-order valence-electron chi connectivity index (χ1n) is 4.58. The topological polar surface area (TPSA) is 23.5 Å². The van der Waals surface area contributed by atoms with Crippen LogP contribution in [0.25, 0.3) is 0 Å². The van der Waals surface area contributed by atoms with Gasteiger partial charge in [0.05, 0.1) is 6.10 Å². The Morgan fingerprint density at radius 1 is 1.45 bits per heavy atom. The second-order valence-electron chi connectivity index (χ2n) is 3.61. The fraction of sp³-hybridized carbons (Fsp3) is 1.00. The summed E-state index contributed by atoms with van der Waals surface area (Å²) in [5.74, 6) is 0. The third-order valence-corrected chi connectivity index (χ3v) is 2.91. The summed E-state index contributed by atoms with van der Waals surface area (Å²) in [6, 6.07) is 0.807. The van der Waals surface area contributed by atoms with Crippen molar-refractivity contribution in [2.75, 3.05) is 7.05 Å². The minimum Gasteiger partial charge on any atom is -0.390 e. The fourth-order valence-electron chi connectivity index (χ4n) is 1.79. The largest absolute Gasteiger partial charge is 0.390 e. The SMILES string of the molecule is CCCCC1C(O)C(C)N1C. The third-order valence-electron chi connectivity index (χ3n) is 2.91. The Morgan fingerprint density at radius 2 is 2.09 bits per heavy atom. The zero-order valence-electron chi connectivity index (χ0n) is 7.75. The smallest absolute Gasteiger partial charge is 0.0847 e. The van der Waals surface area contributed by atoms with E-state index in [2.05, 4.69) is 25.8 Å². The van der Waals surface area contributed by atoms with Gasteiger partial charge >= 0.3 is 0 Å². The Balaban J connectivity index is 2.25. The quantitative estimate of drug-likeness (QED) is 0.666. The Bertz CT molecular complexity index is 117. The zero-order chi connectivity index (χ0) is 8.43. The number of rotatable bonds is 3. The average molecular weight is 157 g/mol. The van der Waals surface area contributed by atoms with Gasteiger partial charge in [-0.25, -0.2) is 0 Å². The lowest BCUT2D eigenvalue weighted by Gasteiger charge is -2.49. The van der Waals surface area contributed by atoms with Crippen LogP contribution in [0.2, 0.25) is 0 Å². The molecule has 1 N–H and O–H groups in total. The molecule has 1 aliphatic rings. The van der Waals surface area contributed by atoms with Crippen LogP contribution in [0.5, 0.6) is 0 Å². The van der Waals surface area contributed by atoms with Gasteiger partial charge < -0.3 is 5.11 Å². The molecule has 66 valence electrons. The first-order valence-corrected chi connectivity index (χ1v) is 4.58. The maximum absolute atomic E-state index is 9.53. The normalized spacial score (nSPS) is 38.7. The van der Waals surface area contributed by atoms with E-state index in [1.807, 2.05) is 0 Å². The molecule has 2 heteroatoms. The van der Waals surface area contributed by atoms with E-state index in [9.17, 15) is 5.11 Å². The lowest BCUT2D eigenvalue weighted by molar-refractivity contribution is -0.0983. The number of aliphatic hydroxyl groups excluding tert-OH is 1. The number of unbranched alkanes of at least 4 members (excludes halogenated alkanes) is 1. The van der Waals surface area contributed by atoms with Crippen molar-refractivity contribution in [1.82, 2.24) is 4.90 Å². The van der Waals surface area contributed by atoms with Gasteiger partial charge in [-0.2, -0.15) is 0 Å². The summed E-state index contributed by atoms with van der Waals surface area (Å²) in [5, 5.41) is 9.53. The highest BCUT2D eigenvalue weighted by Gasteiger charge is 2.40. The van der Waals surface area contributed by atoms with Gasteiger partial charge in [0.15, 0.2) is 0 Å². The van der Waals surface area contributed by atoms with Crippen LogP contribution in [-0.2, 0) is 0 Å². The van der Waals surface area contributed by atoms with Crippen molar-refractivity contribution in [1.29, 1.82) is 0 Å². The van der Waals surface area contributed by atoms with Crippen molar-refractivity contribution in [2.24, 2.45) is 0 Å². The molecule has 3 unspecified atom stereocenters. The monoisotopic (exact) mass is 157 g/mol. The molecule has 0 spiro atoms. The lowest BCUT2D eigenvalue weighted by atomic mass is 9.88. The third kappa shape index (κ3) is 1.57. The van der Waals surface area contributed by atoms with Crippen molar-refractivity contribution in [3.8, 4) is 0 Å². The minimum absolute atomic E-state index is 0.0773. The van der Waals surface area contributed by atoms with Gasteiger partial charge in [0, 0.05) is 12.1 Å². The molecular formula is C9H19NO. The van der Waals surface area contributed by atoms with Crippen LogP contribution in [0, 0.1) is 0 Å². The molecule has 2 nitrogen and oxygen atoms in total. The Kier molecular flexibility index (Phi) is 2.90. The van der Waals surface area contributed by atoms with Gasteiger partial charge in [-0.05, 0) is 20.4 Å². The highest BCUT2D eigenvalue weighted by molar-refractivity contribution is 4.96. The number of hydrogen-bond donors (Lipinski definition) is 1. The molecule has 0 aromatic heterocycles. The second kappa shape index (κ2) is 3.55. The first kappa shape index (κ1) is 9.01. The van der Waals surface area contributed by atoms with Crippen molar-refractivity contribution >= 4 is 0 Å². The van der Waals surface area contributed by atoms with Gasteiger partial charge in [-0.3, -0.25) is 4.90 Å². The number of nitrogens with zero attached hydrogens (tertiary/aromatic N) is 1. The maximum atomic E-state index is 9.53. The van der Waals surface area contributed by atoms with Crippen molar-refractivity contribution in [2.45, 2.75) is 51.3 Å². The number of likely N-dealkylation sites (tertiary alicyclic amines) is 1. The van der Waals surface area contributed by atoms with Gasteiger partial charge in [0.1, 0.15) is 0 Å². The molecule has 0 radical (unpaired) electrons. The zero-order valence-corrected chi connectivity index (χ0v) is 7.75. The summed E-state index contributed by atoms with van der Waals surface area (Å²) < 4.78 is 0. The molecule has 0 aromatic rings. The molecule has 0 bridgehead atoms. The van der Waals surface area contributed by atoms with Crippen LogP contribution in [0.4, 0.5) is 0 Å².